The third kappa shape index (κ3) is 4.20. The second-order valence-corrected chi connectivity index (χ2v) is 4.22. The lowest BCUT2D eigenvalue weighted by Gasteiger charge is -2.10. The molecule has 0 amide bonds. The smallest absolute Gasteiger partial charge is 0.423 e. The highest BCUT2D eigenvalue weighted by atomic mass is 19.4. The molecule has 0 aliphatic carbocycles. The monoisotopic (exact) mass is 300 g/mol. The molecule has 110 valence electrons. The fraction of sp³-hybridized carbons (Fsp3) is 0.0769. The van der Waals surface area contributed by atoms with E-state index in [2.05, 4.69) is 4.74 Å². The molecule has 8 heteroatoms. The maximum Gasteiger partial charge on any atom is 0.573 e. The predicted octanol–water partition coefficient (Wildman–Crippen LogP) is 2.07. The predicted molar refractivity (Wildman–Crippen MR) is 68.3 cm³/mol. The van der Waals surface area contributed by atoms with Gasteiger partial charge in [0.25, 0.3) is 0 Å². The SMILES string of the molecule is OB(O)c1cc(F)cc(-c2ccc(OC(F)(F)F)cc2)c1. The number of hydrogen-bond donors (Lipinski definition) is 2. The molecule has 0 bridgehead atoms. The quantitative estimate of drug-likeness (QED) is 0.674. The molecule has 3 nitrogen and oxygen atoms in total. The van der Waals surface area contributed by atoms with Crippen LogP contribution in [0.1, 0.15) is 0 Å². The van der Waals surface area contributed by atoms with Gasteiger partial charge in [-0.3, -0.25) is 0 Å². The van der Waals surface area contributed by atoms with Crippen molar-refractivity contribution in [3.63, 3.8) is 0 Å². The van der Waals surface area contributed by atoms with Crippen molar-refractivity contribution >= 4 is 12.6 Å². The van der Waals surface area contributed by atoms with E-state index in [0.717, 1.165) is 24.3 Å². The Bertz CT molecular complexity index is 626. The van der Waals surface area contributed by atoms with Crippen LogP contribution < -0.4 is 10.2 Å². The lowest BCUT2D eigenvalue weighted by molar-refractivity contribution is -0.274. The van der Waals surface area contributed by atoms with Crippen LogP contribution >= 0.6 is 0 Å². The lowest BCUT2D eigenvalue weighted by Crippen LogP contribution is -2.30. The van der Waals surface area contributed by atoms with Crippen molar-refractivity contribution in [1.29, 1.82) is 0 Å². The standard InChI is InChI=1S/C13H9BF4O3/c15-11-6-9(5-10(7-11)14(19)20)8-1-3-12(4-2-8)21-13(16,17)18/h1-7,19-20H. The zero-order valence-corrected chi connectivity index (χ0v) is 10.4. The van der Waals surface area contributed by atoms with Gasteiger partial charge in [-0.2, -0.15) is 0 Å². The Morgan fingerprint density at radius 1 is 0.905 bits per heavy atom. The number of halogens is 4. The highest BCUT2D eigenvalue weighted by Gasteiger charge is 2.30. The van der Waals surface area contributed by atoms with Crippen LogP contribution in [0.4, 0.5) is 17.6 Å². The topological polar surface area (TPSA) is 49.7 Å². The molecular weight excluding hydrogens is 291 g/mol. The fourth-order valence-electron chi connectivity index (χ4n) is 1.78. The summed E-state index contributed by atoms with van der Waals surface area (Å²) in [5, 5.41) is 18.1. The molecule has 0 radical (unpaired) electrons. The van der Waals surface area contributed by atoms with E-state index in [-0.39, 0.29) is 5.46 Å². The number of benzene rings is 2. The van der Waals surface area contributed by atoms with Crippen LogP contribution in [-0.2, 0) is 0 Å². The number of rotatable bonds is 3. The second kappa shape index (κ2) is 5.75. The minimum Gasteiger partial charge on any atom is -0.423 e. The van der Waals surface area contributed by atoms with Crippen molar-refractivity contribution in [3.05, 3.63) is 48.3 Å². The molecule has 2 N–H and O–H groups in total. The molecule has 0 aromatic heterocycles. The molecule has 0 saturated carbocycles. The molecular formula is C13H9BF4O3. The largest absolute Gasteiger partial charge is 0.573 e. The van der Waals surface area contributed by atoms with Crippen molar-refractivity contribution in [2.75, 3.05) is 0 Å². The molecule has 0 atom stereocenters. The first-order chi connectivity index (χ1) is 9.74. The van der Waals surface area contributed by atoms with E-state index in [9.17, 15) is 17.6 Å². The molecule has 0 unspecified atom stereocenters. The Morgan fingerprint density at radius 3 is 2.05 bits per heavy atom. The van der Waals surface area contributed by atoms with Gasteiger partial charge in [-0.05, 0) is 40.9 Å². The van der Waals surface area contributed by atoms with Crippen LogP contribution in [0.5, 0.6) is 5.75 Å². The van der Waals surface area contributed by atoms with Crippen LogP contribution in [0.2, 0.25) is 0 Å². The van der Waals surface area contributed by atoms with Gasteiger partial charge in [0.15, 0.2) is 0 Å². The van der Waals surface area contributed by atoms with E-state index in [4.69, 9.17) is 10.0 Å². The van der Waals surface area contributed by atoms with Gasteiger partial charge in [-0.25, -0.2) is 4.39 Å². The molecule has 2 rings (SSSR count). The fourth-order valence-corrected chi connectivity index (χ4v) is 1.78. The highest BCUT2D eigenvalue weighted by Crippen LogP contribution is 2.26. The summed E-state index contributed by atoms with van der Waals surface area (Å²) in [6, 6.07) is 8.20. The third-order valence-corrected chi connectivity index (χ3v) is 2.64. The summed E-state index contributed by atoms with van der Waals surface area (Å²) in [6.45, 7) is 0. The number of alkyl halides is 3. The molecule has 0 aliphatic heterocycles. The van der Waals surface area contributed by atoms with Gasteiger partial charge in [-0.1, -0.05) is 18.2 Å². The van der Waals surface area contributed by atoms with Gasteiger partial charge in [0, 0.05) is 0 Å². The Balaban J connectivity index is 2.30. The average molecular weight is 300 g/mol. The zero-order chi connectivity index (χ0) is 15.6. The van der Waals surface area contributed by atoms with E-state index >= 15 is 0 Å². The molecule has 0 aliphatic rings. The highest BCUT2D eigenvalue weighted by molar-refractivity contribution is 6.58. The summed E-state index contributed by atoms with van der Waals surface area (Å²) in [4.78, 5) is 0. The molecule has 0 fully saturated rings. The summed E-state index contributed by atoms with van der Waals surface area (Å²) < 4.78 is 53.2. The lowest BCUT2D eigenvalue weighted by atomic mass is 9.79. The van der Waals surface area contributed by atoms with Gasteiger partial charge in [0.1, 0.15) is 11.6 Å². The maximum absolute atomic E-state index is 13.4. The summed E-state index contributed by atoms with van der Waals surface area (Å²) >= 11 is 0. The van der Waals surface area contributed by atoms with E-state index < -0.39 is 25.0 Å². The van der Waals surface area contributed by atoms with Gasteiger partial charge >= 0.3 is 13.5 Å². The van der Waals surface area contributed by atoms with Gasteiger partial charge in [-0.15, -0.1) is 13.2 Å². The molecule has 21 heavy (non-hydrogen) atoms. The van der Waals surface area contributed by atoms with Crippen LogP contribution in [0.15, 0.2) is 42.5 Å². The van der Waals surface area contributed by atoms with Crippen molar-refractivity contribution in [2.24, 2.45) is 0 Å². The average Bonchev–Trinajstić information content (AvgIpc) is 2.37. The van der Waals surface area contributed by atoms with Crippen LogP contribution in [-0.4, -0.2) is 23.5 Å². The van der Waals surface area contributed by atoms with E-state index in [1.54, 1.807) is 0 Å². The Labute approximate surface area is 117 Å². The Hall–Kier alpha value is -2.06. The van der Waals surface area contributed by atoms with Crippen molar-refractivity contribution in [2.45, 2.75) is 6.36 Å². The first kappa shape index (κ1) is 15.3. The van der Waals surface area contributed by atoms with Crippen LogP contribution in [0.25, 0.3) is 11.1 Å². The van der Waals surface area contributed by atoms with Gasteiger partial charge < -0.3 is 14.8 Å². The third-order valence-electron chi connectivity index (χ3n) is 2.64. The van der Waals surface area contributed by atoms with Crippen molar-refractivity contribution < 1.29 is 32.3 Å². The maximum atomic E-state index is 13.4. The molecule has 0 saturated heterocycles. The summed E-state index contributed by atoms with van der Waals surface area (Å²) in [5.74, 6) is -1.09. The van der Waals surface area contributed by atoms with Gasteiger partial charge in [0.2, 0.25) is 0 Å². The Kier molecular flexibility index (Phi) is 4.20. The first-order valence-electron chi connectivity index (χ1n) is 5.77. The molecule has 0 heterocycles. The van der Waals surface area contributed by atoms with E-state index in [1.165, 1.54) is 18.2 Å². The van der Waals surface area contributed by atoms with Crippen LogP contribution in [0, 0.1) is 5.82 Å². The second-order valence-electron chi connectivity index (χ2n) is 4.22. The minimum absolute atomic E-state index is 0.0550. The van der Waals surface area contributed by atoms with Crippen molar-refractivity contribution in [3.8, 4) is 16.9 Å². The summed E-state index contributed by atoms with van der Waals surface area (Å²) in [5.41, 5.74) is 0.656. The normalized spacial score (nSPS) is 11.3. The number of ether oxygens (including phenoxy) is 1. The Morgan fingerprint density at radius 2 is 1.52 bits per heavy atom. The zero-order valence-electron chi connectivity index (χ0n) is 10.4. The van der Waals surface area contributed by atoms with E-state index in [1.807, 2.05) is 0 Å². The van der Waals surface area contributed by atoms with Crippen molar-refractivity contribution in [1.82, 2.24) is 0 Å². The molecule has 2 aromatic rings. The van der Waals surface area contributed by atoms with Gasteiger partial charge in [0.05, 0.1) is 0 Å². The first-order valence-corrected chi connectivity index (χ1v) is 5.77. The molecule has 2 aromatic carbocycles. The minimum atomic E-state index is -4.78. The molecule has 0 spiro atoms. The summed E-state index contributed by atoms with van der Waals surface area (Å²) in [7, 11) is -1.84. The number of hydrogen-bond acceptors (Lipinski definition) is 3. The van der Waals surface area contributed by atoms with E-state index in [0.29, 0.717) is 11.1 Å². The summed E-state index contributed by atoms with van der Waals surface area (Å²) in [6.07, 6.45) is -4.78. The van der Waals surface area contributed by atoms with Crippen LogP contribution in [0.3, 0.4) is 0 Å².